The van der Waals surface area contributed by atoms with Crippen LogP contribution in [0, 0.1) is 11.8 Å². The Kier molecular flexibility index (Phi) is 4.18. The lowest BCUT2D eigenvalue weighted by Gasteiger charge is -2.42. The van der Waals surface area contributed by atoms with E-state index in [0.717, 1.165) is 39.1 Å². The monoisotopic (exact) mass is 271 g/mol. The molecule has 3 nitrogen and oxygen atoms in total. The highest BCUT2D eigenvalue weighted by atomic mass is 32.2. The molecular weight excluding hydrogens is 246 g/mol. The fourth-order valence-electron chi connectivity index (χ4n) is 3.74. The van der Waals surface area contributed by atoms with Gasteiger partial charge in [-0.15, -0.1) is 0 Å². The molecule has 3 heterocycles. The molecule has 3 rings (SSSR count). The fourth-order valence-corrected chi connectivity index (χ4v) is 5.12. The van der Waals surface area contributed by atoms with Crippen LogP contribution < -0.4 is 5.73 Å². The van der Waals surface area contributed by atoms with Crippen molar-refractivity contribution in [1.29, 1.82) is 0 Å². The van der Waals surface area contributed by atoms with E-state index in [1.165, 1.54) is 24.3 Å². The predicted molar refractivity (Wildman–Crippen MR) is 74.9 cm³/mol. The molecule has 4 heteroatoms. The third-order valence-corrected chi connectivity index (χ3v) is 6.18. The van der Waals surface area contributed by atoms with Gasteiger partial charge in [0.15, 0.2) is 0 Å². The zero-order chi connectivity index (χ0) is 12.4. The number of ether oxygens (including phenoxy) is 2. The summed E-state index contributed by atoms with van der Waals surface area (Å²) in [6, 6.07) is 0.361. The second kappa shape index (κ2) is 5.70. The molecular formula is C14H25NO2S. The Morgan fingerprint density at radius 3 is 2.61 bits per heavy atom. The van der Waals surface area contributed by atoms with Gasteiger partial charge in [-0.2, -0.15) is 11.8 Å². The van der Waals surface area contributed by atoms with E-state index in [4.69, 9.17) is 15.2 Å². The van der Waals surface area contributed by atoms with Crippen molar-refractivity contribution in [2.24, 2.45) is 17.6 Å². The van der Waals surface area contributed by atoms with E-state index in [9.17, 15) is 0 Å². The molecule has 3 fully saturated rings. The van der Waals surface area contributed by atoms with Gasteiger partial charge in [0, 0.05) is 31.6 Å². The third kappa shape index (κ3) is 2.72. The summed E-state index contributed by atoms with van der Waals surface area (Å²) in [5, 5.41) is 0. The summed E-state index contributed by atoms with van der Waals surface area (Å²) in [7, 11) is 0. The Bertz CT molecular complexity index is 275. The van der Waals surface area contributed by atoms with E-state index in [1.807, 2.05) is 11.8 Å². The van der Waals surface area contributed by atoms with Crippen LogP contribution in [0.4, 0.5) is 0 Å². The second-order valence-corrected chi connectivity index (χ2v) is 7.22. The van der Waals surface area contributed by atoms with E-state index >= 15 is 0 Å². The van der Waals surface area contributed by atoms with Crippen LogP contribution in [0.3, 0.4) is 0 Å². The second-order valence-electron chi connectivity index (χ2n) is 6.11. The number of rotatable bonds is 2. The van der Waals surface area contributed by atoms with Crippen LogP contribution in [0.5, 0.6) is 0 Å². The Labute approximate surface area is 114 Å². The van der Waals surface area contributed by atoms with Crippen LogP contribution in [-0.4, -0.2) is 43.0 Å². The Balaban J connectivity index is 1.60. The van der Waals surface area contributed by atoms with E-state index in [-0.39, 0.29) is 5.60 Å². The van der Waals surface area contributed by atoms with Crippen molar-refractivity contribution in [2.45, 2.75) is 43.7 Å². The van der Waals surface area contributed by atoms with Crippen molar-refractivity contribution in [3.63, 3.8) is 0 Å². The minimum absolute atomic E-state index is 0.177. The van der Waals surface area contributed by atoms with Crippen LogP contribution in [0.25, 0.3) is 0 Å². The summed E-state index contributed by atoms with van der Waals surface area (Å²) in [4.78, 5) is 0. The predicted octanol–water partition coefficient (Wildman–Crippen LogP) is 2.04. The third-order valence-electron chi connectivity index (χ3n) is 4.95. The quantitative estimate of drug-likeness (QED) is 0.835. The lowest BCUT2D eigenvalue weighted by Crippen LogP contribution is -2.48. The fraction of sp³-hybridized carbons (Fsp3) is 1.00. The van der Waals surface area contributed by atoms with Gasteiger partial charge in [-0.25, -0.2) is 0 Å². The first-order chi connectivity index (χ1) is 8.79. The van der Waals surface area contributed by atoms with Crippen molar-refractivity contribution in [2.75, 3.05) is 31.3 Å². The first-order valence-electron chi connectivity index (χ1n) is 7.34. The molecule has 3 aliphatic rings. The zero-order valence-corrected chi connectivity index (χ0v) is 11.9. The molecule has 0 aromatic carbocycles. The van der Waals surface area contributed by atoms with Crippen molar-refractivity contribution < 1.29 is 9.47 Å². The highest BCUT2D eigenvalue weighted by molar-refractivity contribution is 7.99. The summed E-state index contributed by atoms with van der Waals surface area (Å²) in [5.41, 5.74) is 6.73. The van der Waals surface area contributed by atoms with Crippen LogP contribution in [-0.2, 0) is 9.47 Å². The largest absolute Gasteiger partial charge is 0.381 e. The molecule has 0 aromatic rings. The average Bonchev–Trinajstić information content (AvgIpc) is 2.87. The standard InChI is InChI=1S/C14H25NO2S/c15-13(11-1-5-16-6-2-11)12-3-7-17-14(9-12)4-8-18-10-14/h11-13H,1-10,15H2. The molecule has 1 spiro atoms. The molecule has 0 amide bonds. The summed E-state index contributed by atoms with van der Waals surface area (Å²) in [5.74, 6) is 3.79. The Morgan fingerprint density at radius 1 is 1.11 bits per heavy atom. The molecule has 3 aliphatic heterocycles. The van der Waals surface area contributed by atoms with Crippen LogP contribution in [0.15, 0.2) is 0 Å². The molecule has 3 saturated heterocycles. The normalized spacial score (nSPS) is 40.2. The van der Waals surface area contributed by atoms with Gasteiger partial charge < -0.3 is 15.2 Å². The minimum Gasteiger partial charge on any atom is -0.381 e. The van der Waals surface area contributed by atoms with Gasteiger partial charge in [-0.3, -0.25) is 0 Å². The first-order valence-corrected chi connectivity index (χ1v) is 8.50. The maximum atomic E-state index is 6.56. The number of hydrogen-bond donors (Lipinski definition) is 1. The first kappa shape index (κ1) is 13.2. The topological polar surface area (TPSA) is 44.5 Å². The van der Waals surface area contributed by atoms with E-state index in [2.05, 4.69) is 0 Å². The highest BCUT2D eigenvalue weighted by Crippen LogP contribution is 2.42. The lowest BCUT2D eigenvalue weighted by atomic mass is 9.75. The van der Waals surface area contributed by atoms with Gasteiger partial charge >= 0.3 is 0 Å². The van der Waals surface area contributed by atoms with E-state index in [0.29, 0.717) is 17.9 Å². The smallest absolute Gasteiger partial charge is 0.0783 e. The Morgan fingerprint density at radius 2 is 1.89 bits per heavy atom. The number of hydrogen-bond acceptors (Lipinski definition) is 4. The van der Waals surface area contributed by atoms with Gasteiger partial charge in [0.05, 0.1) is 5.60 Å². The molecule has 0 radical (unpaired) electrons. The number of thioether (sulfide) groups is 1. The summed E-state index contributed by atoms with van der Waals surface area (Å²) in [6.45, 7) is 2.73. The van der Waals surface area contributed by atoms with Gasteiger partial charge in [0.1, 0.15) is 0 Å². The van der Waals surface area contributed by atoms with Crippen LogP contribution in [0.2, 0.25) is 0 Å². The molecule has 0 saturated carbocycles. The van der Waals surface area contributed by atoms with Gasteiger partial charge in [-0.05, 0) is 49.7 Å². The zero-order valence-electron chi connectivity index (χ0n) is 11.1. The number of nitrogens with two attached hydrogens (primary N) is 1. The van der Waals surface area contributed by atoms with Gasteiger partial charge in [0.2, 0.25) is 0 Å². The molecule has 18 heavy (non-hydrogen) atoms. The van der Waals surface area contributed by atoms with Crippen molar-refractivity contribution in [3.05, 3.63) is 0 Å². The van der Waals surface area contributed by atoms with Gasteiger partial charge in [-0.1, -0.05) is 0 Å². The van der Waals surface area contributed by atoms with Crippen molar-refractivity contribution in [3.8, 4) is 0 Å². The molecule has 2 N–H and O–H groups in total. The maximum absolute atomic E-state index is 6.56. The molecule has 3 unspecified atom stereocenters. The molecule has 104 valence electrons. The molecule has 0 bridgehead atoms. The van der Waals surface area contributed by atoms with Crippen LogP contribution >= 0.6 is 11.8 Å². The minimum atomic E-state index is 0.177. The van der Waals surface area contributed by atoms with Crippen molar-refractivity contribution in [1.82, 2.24) is 0 Å². The SMILES string of the molecule is NC(C1CCOCC1)C1CCOC2(CCSC2)C1. The van der Waals surface area contributed by atoms with Gasteiger partial charge in [0.25, 0.3) is 0 Å². The van der Waals surface area contributed by atoms with Crippen LogP contribution in [0.1, 0.15) is 32.1 Å². The van der Waals surface area contributed by atoms with E-state index < -0.39 is 0 Å². The maximum Gasteiger partial charge on any atom is 0.0783 e. The summed E-state index contributed by atoms with van der Waals surface area (Å²) < 4.78 is 11.5. The average molecular weight is 271 g/mol. The Hall–Kier alpha value is 0.230. The lowest BCUT2D eigenvalue weighted by molar-refractivity contribution is -0.0886. The molecule has 3 atom stereocenters. The molecule has 0 aromatic heterocycles. The summed E-state index contributed by atoms with van der Waals surface area (Å²) in [6.07, 6.45) is 5.89. The summed E-state index contributed by atoms with van der Waals surface area (Å²) >= 11 is 2.04. The van der Waals surface area contributed by atoms with E-state index in [1.54, 1.807) is 0 Å². The van der Waals surface area contributed by atoms with Crippen molar-refractivity contribution >= 4 is 11.8 Å². The molecule has 0 aliphatic carbocycles. The highest BCUT2D eigenvalue weighted by Gasteiger charge is 2.43.